The van der Waals surface area contributed by atoms with Gasteiger partial charge in [0.1, 0.15) is 23.7 Å². The van der Waals surface area contributed by atoms with Crippen molar-refractivity contribution in [2.45, 2.75) is 30.0 Å². The van der Waals surface area contributed by atoms with Gasteiger partial charge in [0.2, 0.25) is 12.0 Å². The van der Waals surface area contributed by atoms with Gasteiger partial charge in [-0.1, -0.05) is 0 Å². The highest BCUT2D eigenvalue weighted by atomic mass is 35.5. The average molecular weight is 365 g/mol. The van der Waals surface area contributed by atoms with Crippen LogP contribution in [0.3, 0.4) is 0 Å². The molecule has 3 unspecified atom stereocenters. The van der Waals surface area contributed by atoms with E-state index in [9.17, 15) is 30.4 Å². The molecule has 0 amide bonds. The molecule has 0 spiro atoms. The topological polar surface area (TPSA) is 165 Å². The van der Waals surface area contributed by atoms with E-state index >= 15 is 0 Å². The molecule has 24 heavy (non-hydrogen) atoms. The Labute approximate surface area is 139 Å². The summed E-state index contributed by atoms with van der Waals surface area (Å²) in [5, 5.41) is 49.1. The van der Waals surface area contributed by atoms with Gasteiger partial charge in [-0.2, -0.15) is 0 Å². The van der Waals surface area contributed by atoms with E-state index in [4.69, 9.17) is 26.2 Å². The maximum absolute atomic E-state index is 11.1. The van der Waals surface area contributed by atoms with E-state index in [-0.39, 0.29) is 5.75 Å². The lowest BCUT2D eigenvalue weighted by Crippen LogP contribution is -2.58. The summed E-state index contributed by atoms with van der Waals surface area (Å²) in [6.45, 7) is -0.649. The molecule has 1 aromatic rings. The molecule has 1 aliphatic rings. The van der Waals surface area contributed by atoms with Gasteiger partial charge >= 0.3 is 5.69 Å². The van der Waals surface area contributed by atoms with Crippen LogP contribution in [0.1, 0.15) is 0 Å². The number of rotatable bonds is 5. The quantitative estimate of drug-likeness (QED) is 0.368. The SMILES string of the molecule is O=[N+]([O-])c1ccc(O[C@@H]2OC(CO)[C@@H](O)C(O)C2Cl)c([N+](=O)[O-])c1. The Kier molecular flexibility index (Phi) is 5.51. The van der Waals surface area contributed by atoms with Crippen LogP contribution < -0.4 is 4.74 Å². The number of benzene rings is 1. The molecular weight excluding hydrogens is 352 g/mol. The van der Waals surface area contributed by atoms with E-state index in [1.807, 2.05) is 0 Å². The Balaban J connectivity index is 2.29. The number of nitro groups is 2. The number of aliphatic hydroxyl groups is 3. The van der Waals surface area contributed by atoms with Crippen LogP contribution in [0.15, 0.2) is 18.2 Å². The summed E-state index contributed by atoms with van der Waals surface area (Å²) < 4.78 is 10.4. The van der Waals surface area contributed by atoms with Crippen molar-refractivity contribution < 1.29 is 34.6 Å². The molecule has 12 heteroatoms. The zero-order valence-corrected chi connectivity index (χ0v) is 12.6. The average Bonchev–Trinajstić information content (AvgIpc) is 2.55. The molecule has 2 rings (SSSR count). The third-order valence-electron chi connectivity index (χ3n) is 3.40. The lowest BCUT2D eigenvalue weighted by molar-refractivity contribution is -0.395. The number of nitro benzene ring substituents is 2. The molecule has 3 N–H and O–H groups in total. The predicted octanol–water partition coefficient (Wildman–Crippen LogP) is -0.0718. The van der Waals surface area contributed by atoms with Gasteiger partial charge in [0, 0.05) is 6.07 Å². The van der Waals surface area contributed by atoms with Crippen LogP contribution in [0.5, 0.6) is 5.75 Å². The second kappa shape index (κ2) is 7.23. The molecule has 0 aliphatic carbocycles. The predicted molar refractivity (Wildman–Crippen MR) is 77.8 cm³/mol. The van der Waals surface area contributed by atoms with Crippen LogP contribution in [0, 0.1) is 20.2 Å². The number of non-ortho nitro benzene ring substituents is 1. The fourth-order valence-electron chi connectivity index (χ4n) is 2.13. The van der Waals surface area contributed by atoms with Crippen molar-refractivity contribution in [3.63, 3.8) is 0 Å². The lowest BCUT2D eigenvalue weighted by atomic mass is 10.0. The molecule has 1 heterocycles. The molecule has 0 aromatic heterocycles. The summed E-state index contributed by atoms with van der Waals surface area (Å²) in [7, 11) is 0. The smallest absolute Gasteiger partial charge is 0.317 e. The van der Waals surface area contributed by atoms with Crippen molar-refractivity contribution in [1.82, 2.24) is 0 Å². The Morgan fingerprint density at radius 1 is 1.21 bits per heavy atom. The van der Waals surface area contributed by atoms with E-state index in [2.05, 4.69) is 0 Å². The van der Waals surface area contributed by atoms with E-state index < -0.39 is 57.8 Å². The largest absolute Gasteiger partial charge is 0.456 e. The first-order valence-electron chi connectivity index (χ1n) is 6.62. The molecule has 132 valence electrons. The number of hydrogen-bond donors (Lipinski definition) is 3. The third kappa shape index (κ3) is 3.55. The number of hydrogen-bond acceptors (Lipinski definition) is 9. The maximum Gasteiger partial charge on any atom is 0.317 e. The van der Waals surface area contributed by atoms with E-state index in [0.29, 0.717) is 6.07 Å². The summed E-state index contributed by atoms with van der Waals surface area (Å²) >= 11 is 5.89. The zero-order chi connectivity index (χ0) is 18.0. The van der Waals surface area contributed by atoms with Crippen molar-refractivity contribution in [3.8, 4) is 5.75 Å². The van der Waals surface area contributed by atoms with Gasteiger partial charge in [-0.25, -0.2) is 0 Å². The first-order valence-corrected chi connectivity index (χ1v) is 7.06. The third-order valence-corrected chi connectivity index (χ3v) is 3.86. The zero-order valence-electron chi connectivity index (χ0n) is 11.9. The van der Waals surface area contributed by atoms with Gasteiger partial charge < -0.3 is 24.8 Å². The van der Waals surface area contributed by atoms with E-state index in [1.54, 1.807) is 0 Å². The van der Waals surface area contributed by atoms with Gasteiger partial charge in [-0.3, -0.25) is 20.2 Å². The minimum Gasteiger partial charge on any atom is -0.456 e. The highest BCUT2D eigenvalue weighted by molar-refractivity contribution is 6.21. The van der Waals surface area contributed by atoms with Gasteiger partial charge in [0.15, 0.2) is 0 Å². The van der Waals surface area contributed by atoms with Crippen molar-refractivity contribution in [2.75, 3.05) is 6.61 Å². The van der Waals surface area contributed by atoms with Gasteiger partial charge in [0.25, 0.3) is 5.69 Å². The minimum atomic E-state index is -1.51. The van der Waals surface area contributed by atoms with Crippen LogP contribution in [0.2, 0.25) is 0 Å². The first kappa shape index (κ1) is 18.3. The van der Waals surface area contributed by atoms with Crippen molar-refractivity contribution in [3.05, 3.63) is 38.4 Å². The van der Waals surface area contributed by atoms with Gasteiger partial charge in [-0.05, 0) is 6.07 Å². The summed E-state index contributed by atoms with van der Waals surface area (Å²) in [4.78, 5) is 20.1. The van der Waals surface area contributed by atoms with Gasteiger partial charge in [0.05, 0.1) is 22.5 Å². The molecule has 0 saturated carbocycles. The summed E-state index contributed by atoms with van der Waals surface area (Å²) in [5.74, 6) is -0.374. The second-order valence-electron chi connectivity index (χ2n) is 4.94. The van der Waals surface area contributed by atoms with Crippen molar-refractivity contribution in [2.24, 2.45) is 0 Å². The summed E-state index contributed by atoms with van der Waals surface area (Å²) in [6, 6.07) is 2.69. The Morgan fingerprint density at radius 2 is 1.88 bits per heavy atom. The van der Waals surface area contributed by atoms with Crippen LogP contribution in [0.25, 0.3) is 0 Å². The fourth-order valence-corrected chi connectivity index (χ4v) is 2.39. The molecule has 0 radical (unpaired) electrons. The molecule has 1 fully saturated rings. The van der Waals surface area contributed by atoms with Crippen molar-refractivity contribution in [1.29, 1.82) is 0 Å². The number of nitrogens with zero attached hydrogens (tertiary/aromatic N) is 2. The van der Waals surface area contributed by atoms with Crippen LogP contribution in [-0.4, -0.2) is 61.8 Å². The minimum absolute atomic E-state index is 0.374. The highest BCUT2D eigenvalue weighted by Gasteiger charge is 2.45. The second-order valence-corrected chi connectivity index (χ2v) is 5.44. The fraction of sp³-hybridized carbons (Fsp3) is 0.500. The molecule has 5 atom stereocenters. The molecule has 11 nitrogen and oxygen atoms in total. The Bertz CT molecular complexity index is 641. The number of aliphatic hydroxyl groups excluding tert-OH is 3. The summed E-state index contributed by atoms with van der Waals surface area (Å²) in [6.07, 6.45) is -5.62. The normalized spacial score (nSPS) is 29.9. The standard InChI is InChI=1S/C12H13ClN2O9/c13-9-11(18)10(17)8(4-16)24-12(9)23-7-2-1-5(14(19)20)3-6(7)15(21)22/h1-3,8-12,16-18H,4H2/t8?,9?,10-,11?,12-/m1/s1. The monoisotopic (exact) mass is 364 g/mol. The number of alkyl halides is 1. The van der Waals surface area contributed by atoms with E-state index in [1.165, 1.54) is 0 Å². The number of ether oxygens (including phenoxy) is 2. The lowest BCUT2D eigenvalue weighted by Gasteiger charge is -2.39. The molecular formula is C12H13ClN2O9. The highest BCUT2D eigenvalue weighted by Crippen LogP contribution is 2.34. The molecule has 0 bridgehead atoms. The van der Waals surface area contributed by atoms with Crippen molar-refractivity contribution >= 4 is 23.0 Å². The van der Waals surface area contributed by atoms with Gasteiger partial charge in [-0.15, -0.1) is 11.6 Å². The Morgan fingerprint density at radius 3 is 2.42 bits per heavy atom. The molecule has 1 saturated heterocycles. The van der Waals surface area contributed by atoms with E-state index in [0.717, 1.165) is 12.1 Å². The number of halogens is 1. The first-order chi connectivity index (χ1) is 11.3. The van der Waals surface area contributed by atoms with Crippen LogP contribution in [0.4, 0.5) is 11.4 Å². The summed E-state index contributed by atoms with van der Waals surface area (Å²) in [5.41, 5.74) is -1.21. The molecule has 1 aliphatic heterocycles. The van der Waals surface area contributed by atoms with Crippen LogP contribution >= 0.6 is 11.6 Å². The van der Waals surface area contributed by atoms with Crippen LogP contribution in [-0.2, 0) is 4.74 Å². The molecule has 1 aromatic carbocycles. The Hall–Kier alpha value is -2.05. The maximum atomic E-state index is 11.1.